The van der Waals surface area contributed by atoms with E-state index in [0.29, 0.717) is 11.3 Å². The number of rotatable bonds is 5. The zero-order valence-corrected chi connectivity index (χ0v) is 11.5. The minimum atomic E-state index is -4.60. The highest BCUT2D eigenvalue weighted by molar-refractivity contribution is 6.29. The van der Waals surface area contributed by atoms with Crippen LogP contribution in [0.1, 0.15) is 12.6 Å². The highest BCUT2D eigenvalue weighted by Crippen LogP contribution is 2.21. The van der Waals surface area contributed by atoms with Gasteiger partial charge in [0.25, 0.3) is 0 Å². The van der Waals surface area contributed by atoms with Gasteiger partial charge in [-0.2, -0.15) is 13.2 Å². The summed E-state index contributed by atoms with van der Waals surface area (Å²) in [5, 5.41) is 0.157. The number of alkyl halides is 3. The largest absolute Gasteiger partial charge is 0.466 e. The van der Waals surface area contributed by atoms with E-state index in [1.807, 2.05) is 0 Å². The Morgan fingerprint density at radius 1 is 1.43 bits per heavy atom. The molecule has 1 heterocycles. The monoisotopic (exact) mass is 323 g/mol. The molecule has 0 spiro atoms. The van der Waals surface area contributed by atoms with Gasteiger partial charge in [0.2, 0.25) is 5.88 Å². The van der Waals surface area contributed by atoms with E-state index in [1.54, 1.807) is 0 Å². The van der Waals surface area contributed by atoms with Crippen molar-refractivity contribution >= 4 is 23.9 Å². The van der Waals surface area contributed by atoms with Gasteiger partial charge in [-0.05, 0) is 25.3 Å². The van der Waals surface area contributed by atoms with Gasteiger partial charge in [0, 0.05) is 0 Å². The molecule has 0 radical (unpaired) electrons. The summed E-state index contributed by atoms with van der Waals surface area (Å²) in [4.78, 5) is 10.7. The standard InChI is InChI=1S/C12H10ClF4N3O/c1-7(9-4-20-10(13)5-19-9)3-8(14)11(18-2)21-6-12(15,16)17/h3-5H,2,6H2,1H3/b7-3+,11-8-. The maximum absolute atomic E-state index is 13.8. The van der Waals surface area contributed by atoms with Gasteiger partial charge in [-0.25, -0.2) is 14.4 Å². The molecule has 9 heteroatoms. The van der Waals surface area contributed by atoms with Crippen LogP contribution in [0.2, 0.25) is 5.15 Å². The molecule has 1 aromatic rings. The molecule has 0 aliphatic rings. The van der Waals surface area contributed by atoms with Gasteiger partial charge in [-0.15, -0.1) is 0 Å². The van der Waals surface area contributed by atoms with Crippen molar-refractivity contribution in [3.8, 4) is 0 Å². The summed E-state index contributed by atoms with van der Waals surface area (Å²) in [6.07, 6.45) is -1.14. The number of nitrogens with zero attached hydrogens (tertiary/aromatic N) is 3. The van der Waals surface area contributed by atoms with Crippen LogP contribution >= 0.6 is 11.6 Å². The summed E-state index contributed by atoms with van der Waals surface area (Å²) >= 11 is 5.55. The van der Waals surface area contributed by atoms with Gasteiger partial charge >= 0.3 is 6.18 Å². The van der Waals surface area contributed by atoms with Crippen LogP contribution in [-0.2, 0) is 4.74 Å². The van der Waals surface area contributed by atoms with Crippen LogP contribution in [-0.4, -0.2) is 29.5 Å². The number of halogens is 5. The summed E-state index contributed by atoms with van der Waals surface area (Å²) in [6, 6.07) is 0. The Kier molecular flexibility index (Phi) is 5.83. The smallest absolute Gasteiger partial charge is 0.422 e. The molecule has 0 saturated heterocycles. The quantitative estimate of drug-likeness (QED) is 0.357. The Morgan fingerprint density at radius 2 is 2.10 bits per heavy atom. The minimum Gasteiger partial charge on any atom is -0.466 e. The first kappa shape index (κ1) is 17.1. The lowest BCUT2D eigenvalue weighted by Gasteiger charge is -2.09. The second-order valence-electron chi connectivity index (χ2n) is 3.77. The fourth-order valence-electron chi connectivity index (χ4n) is 1.18. The second-order valence-corrected chi connectivity index (χ2v) is 4.15. The first-order valence-corrected chi connectivity index (χ1v) is 5.83. The van der Waals surface area contributed by atoms with E-state index < -0.39 is 24.5 Å². The van der Waals surface area contributed by atoms with Gasteiger partial charge in [0.1, 0.15) is 5.15 Å². The van der Waals surface area contributed by atoms with Crippen molar-refractivity contribution in [1.29, 1.82) is 0 Å². The van der Waals surface area contributed by atoms with E-state index in [2.05, 4.69) is 26.4 Å². The summed E-state index contributed by atoms with van der Waals surface area (Å²) in [5.41, 5.74) is 0.599. The molecule has 0 saturated carbocycles. The van der Waals surface area contributed by atoms with Crippen LogP contribution in [0.4, 0.5) is 17.6 Å². The first-order valence-electron chi connectivity index (χ1n) is 5.45. The van der Waals surface area contributed by atoms with E-state index in [-0.39, 0.29) is 5.15 Å². The van der Waals surface area contributed by atoms with Gasteiger partial charge in [0.05, 0.1) is 18.1 Å². The Bertz CT molecular complexity index is 567. The Morgan fingerprint density at radius 3 is 2.57 bits per heavy atom. The van der Waals surface area contributed by atoms with Crippen LogP contribution in [0.15, 0.2) is 35.2 Å². The molecule has 0 amide bonds. The fraction of sp³-hybridized carbons (Fsp3) is 0.250. The van der Waals surface area contributed by atoms with Crippen molar-refractivity contribution in [2.24, 2.45) is 4.99 Å². The average Bonchev–Trinajstić information content (AvgIpc) is 2.38. The molecular weight excluding hydrogens is 314 g/mol. The van der Waals surface area contributed by atoms with E-state index in [0.717, 1.165) is 6.08 Å². The molecular formula is C12H10ClF4N3O. The van der Waals surface area contributed by atoms with E-state index >= 15 is 0 Å². The van der Waals surface area contributed by atoms with Crippen molar-refractivity contribution in [2.75, 3.05) is 6.61 Å². The molecule has 1 aromatic heterocycles. The van der Waals surface area contributed by atoms with Crippen LogP contribution in [0.5, 0.6) is 0 Å². The first-order chi connectivity index (χ1) is 9.73. The summed E-state index contributed by atoms with van der Waals surface area (Å²) in [7, 11) is 0. The number of hydrogen-bond donors (Lipinski definition) is 0. The number of aliphatic imine (C=N–C) groups is 1. The van der Waals surface area contributed by atoms with Gasteiger partial charge in [-0.3, -0.25) is 4.98 Å². The fourth-order valence-corrected chi connectivity index (χ4v) is 1.28. The summed E-state index contributed by atoms with van der Waals surface area (Å²) < 4.78 is 54.0. The molecule has 0 atom stereocenters. The maximum atomic E-state index is 13.8. The third kappa shape index (κ3) is 5.90. The number of hydrogen-bond acceptors (Lipinski definition) is 4. The third-order valence-electron chi connectivity index (χ3n) is 2.09. The van der Waals surface area contributed by atoms with E-state index in [4.69, 9.17) is 11.6 Å². The normalized spacial score (nSPS) is 13.7. The lowest BCUT2D eigenvalue weighted by atomic mass is 10.2. The van der Waals surface area contributed by atoms with Crippen molar-refractivity contribution in [3.05, 3.63) is 41.0 Å². The lowest BCUT2D eigenvalue weighted by molar-refractivity contribution is -0.165. The lowest BCUT2D eigenvalue weighted by Crippen LogP contribution is -2.16. The van der Waals surface area contributed by atoms with Crippen molar-refractivity contribution in [1.82, 2.24) is 9.97 Å². The Balaban J connectivity index is 2.94. The molecule has 0 N–H and O–H groups in total. The third-order valence-corrected chi connectivity index (χ3v) is 2.28. The number of aromatic nitrogens is 2. The molecule has 0 aliphatic heterocycles. The maximum Gasteiger partial charge on any atom is 0.422 e. The van der Waals surface area contributed by atoms with Gasteiger partial charge in [-0.1, -0.05) is 11.6 Å². The number of allylic oxidation sites excluding steroid dienone is 3. The minimum absolute atomic E-state index is 0.157. The topological polar surface area (TPSA) is 47.4 Å². The molecule has 114 valence electrons. The highest BCUT2D eigenvalue weighted by Gasteiger charge is 2.29. The molecule has 1 rings (SSSR count). The van der Waals surface area contributed by atoms with Crippen LogP contribution in [0, 0.1) is 0 Å². The predicted octanol–water partition coefficient (Wildman–Crippen LogP) is 3.95. The van der Waals surface area contributed by atoms with Crippen molar-refractivity contribution in [2.45, 2.75) is 13.1 Å². The van der Waals surface area contributed by atoms with Crippen LogP contribution in [0.25, 0.3) is 5.57 Å². The predicted molar refractivity (Wildman–Crippen MR) is 70.4 cm³/mol. The second kappa shape index (κ2) is 7.16. The molecule has 0 aromatic carbocycles. The van der Waals surface area contributed by atoms with Crippen LogP contribution < -0.4 is 0 Å². The molecule has 0 aliphatic carbocycles. The van der Waals surface area contributed by atoms with Gasteiger partial charge in [0.15, 0.2) is 12.4 Å². The zero-order chi connectivity index (χ0) is 16.0. The highest BCUT2D eigenvalue weighted by atomic mass is 35.5. The average molecular weight is 324 g/mol. The molecule has 21 heavy (non-hydrogen) atoms. The number of ether oxygens (including phenoxy) is 1. The Labute approximate surface area is 122 Å². The molecule has 0 unspecified atom stereocenters. The summed E-state index contributed by atoms with van der Waals surface area (Å²) in [6.45, 7) is 2.78. The van der Waals surface area contributed by atoms with E-state index in [9.17, 15) is 17.6 Å². The van der Waals surface area contributed by atoms with Crippen molar-refractivity contribution < 1.29 is 22.3 Å². The molecule has 0 bridgehead atoms. The molecule has 0 fully saturated rings. The van der Waals surface area contributed by atoms with Crippen molar-refractivity contribution in [3.63, 3.8) is 0 Å². The SMILES string of the molecule is C=N/C(OCC(F)(F)F)=C(F)\C=C(/C)c1cnc(Cl)cn1. The van der Waals surface area contributed by atoms with E-state index in [1.165, 1.54) is 19.3 Å². The Hall–Kier alpha value is -1.96. The molecule has 4 nitrogen and oxygen atoms in total. The summed E-state index contributed by atoms with van der Waals surface area (Å²) in [5.74, 6) is -1.96. The zero-order valence-electron chi connectivity index (χ0n) is 10.8. The van der Waals surface area contributed by atoms with Gasteiger partial charge < -0.3 is 4.74 Å². The van der Waals surface area contributed by atoms with Crippen LogP contribution in [0.3, 0.4) is 0 Å².